The lowest BCUT2D eigenvalue weighted by Crippen LogP contribution is -2.56. The van der Waals surface area contributed by atoms with Crippen LogP contribution in [0, 0.1) is 5.92 Å². The van der Waals surface area contributed by atoms with Crippen LogP contribution in [-0.4, -0.2) is 42.6 Å². The van der Waals surface area contributed by atoms with E-state index >= 15 is 0 Å². The van der Waals surface area contributed by atoms with Crippen molar-refractivity contribution < 1.29 is 18.7 Å². The number of carbonyl (C=O) groups excluding carboxylic acids is 1. The first-order chi connectivity index (χ1) is 9.14. The summed E-state index contributed by atoms with van der Waals surface area (Å²) in [5, 5.41) is 11.3. The molecule has 0 radical (unpaired) electrons. The van der Waals surface area contributed by atoms with Crippen LogP contribution in [0.3, 0.4) is 0 Å². The van der Waals surface area contributed by atoms with E-state index in [4.69, 9.17) is 5.11 Å². The molecular formula is C12H15F2N3O2. The summed E-state index contributed by atoms with van der Waals surface area (Å²) < 4.78 is 25.6. The highest BCUT2D eigenvalue weighted by Crippen LogP contribution is 2.50. The Kier molecular flexibility index (Phi) is 2.83. The molecule has 0 spiro atoms. The Morgan fingerprint density at radius 2 is 2.26 bits per heavy atom. The van der Waals surface area contributed by atoms with E-state index in [9.17, 15) is 13.6 Å². The third kappa shape index (κ3) is 1.84. The van der Waals surface area contributed by atoms with Gasteiger partial charge in [-0.2, -0.15) is 0 Å². The lowest BCUT2D eigenvalue weighted by atomic mass is 10.0. The number of aliphatic hydroxyl groups excluding tert-OH is 1. The maximum Gasteiger partial charge on any atom is 0.269 e. The molecule has 0 saturated heterocycles. The molecule has 1 saturated carbocycles. The average molecular weight is 271 g/mol. The van der Waals surface area contributed by atoms with Crippen molar-refractivity contribution >= 4 is 5.91 Å². The van der Waals surface area contributed by atoms with Gasteiger partial charge in [-0.05, 0) is 6.42 Å². The van der Waals surface area contributed by atoms with Crippen LogP contribution >= 0.6 is 0 Å². The zero-order chi connectivity index (χ0) is 13.6. The molecule has 5 nitrogen and oxygen atoms in total. The zero-order valence-electron chi connectivity index (χ0n) is 10.2. The van der Waals surface area contributed by atoms with Crippen LogP contribution in [-0.2, 0) is 4.79 Å². The van der Waals surface area contributed by atoms with Crippen molar-refractivity contribution in [2.75, 3.05) is 20.0 Å². The third-order valence-corrected chi connectivity index (χ3v) is 3.91. The zero-order valence-corrected chi connectivity index (χ0v) is 10.2. The van der Waals surface area contributed by atoms with Gasteiger partial charge in [0.15, 0.2) is 0 Å². The predicted molar refractivity (Wildman–Crippen MR) is 63.2 cm³/mol. The number of nitrogens with one attached hydrogen (secondary N) is 3. The van der Waals surface area contributed by atoms with Crippen molar-refractivity contribution in [3.8, 4) is 0 Å². The summed E-state index contributed by atoms with van der Waals surface area (Å²) in [5.41, 5.74) is 6.31. The summed E-state index contributed by atoms with van der Waals surface area (Å²) in [6, 6.07) is 0.0787. The molecule has 1 aliphatic heterocycles. The van der Waals surface area contributed by atoms with E-state index in [2.05, 4.69) is 16.2 Å². The number of fused-ring (bicyclic) bond motifs is 3. The fourth-order valence-electron chi connectivity index (χ4n) is 2.55. The molecule has 3 aliphatic rings. The molecule has 2 aliphatic carbocycles. The number of hydrazine groups is 1. The monoisotopic (exact) mass is 271 g/mol. The number of carbonyl (C=O) groups is 1. The van der Waals surface area contributed by atoms with Crippen molar-refractivity contribution in [2.45, 2.75) is 18.0 Å². The maximum atomic E-state index is 12.8. The van der Waals surface area contributed by atoms with Gasteiger partial charge in [0.25, 0.3) is 5.91 Å². The first-order valence-corrected chi connectivity index (χ1v) is 6.15. The smallest absolute Gasteiger partial charge is 0.269 e. The second kappa shape index (κ2) is 4.28. The molecule has 0 aromatic heterocycles. The Balaban J connectivity index is 1.78. The number of halogens is 2. The van der Waals surface area contributed by atoms with Crippen molar-refractivity contribution in [1.82, 2.24) is 16.2 Å². The third-order valence-electron chi connectivity index (χ3n) is 3.91. The molecule has 2 atom stereocenters. The molecule has 7 heteroatoms. The molecule has 4 N–H and O–H groups in total. The van der Waals surface area contributed by atoms with Crippen LogP contribution in [0.25, 0.3) is 0 Å². The number of aliphatic hydroxyl groups is 1. The molecule has 0 bridgehead atoms. The molecule has 0 aromatic carbocycles. The van der Waals surface area contributed by atoms with Crippen LogP contribution in [0.4, 0.5) is 8.78 Å². The van der Waals surface area contributed by atoms with Crippen LogP contribution in [0.5, 0.6) is 0 Å². The number of hydrogen-bond acceptors (Lipinski definition) is 4. The summed E-state index contributed by atoms with van der Waals surface area (Å²) in [4.78, 5) is 12.1. The highest BCUT2D eigenvalue weighted by Gasteiger charge is 2.48. The van der Waals surface area contributed by atoms with Crippen molar-refractivity contribution in [1.29, 1.82) is 0 Å². The SMILES string of the molecule is O=C(NC(CO)(CF)CF)C1=C2C=C3CC3C2NN1. The van der Waals surface area contributed by atoms with E-state index in [1.165, 1.54) is 5.57 Å². The number of hydrogen-bond donors (Lipinski definition) is 4. The van der Waals surface area contributed by atoms with Gasteiger partial charge < -0.3 is 15.8 Å². The van der Waals surface area contributed by atoms with Crippen LogP contribution in [0.2, 0.25) is 0 Å². The van der Waals surface area contributed by atoms with Gasteiger partial charge in [0.1, 0.15) is 24.6 Å². The van der Waals surface area contributed by atoms with E-state index in [-0.39, 0.29) is 11.7 Å². The first-order valence-electron chi connectivity index (χ1n) is 6.15. The van der Waals surface area contributed by atoms with Crippen LogP contribution in [0.15, 0.2) is 22.9 Å². The lowest BCUT2D eigenvalue weighted by molar-refractivity contribution is -0.121. The minimum atomic E-state index is -1.85. The normalized spacial score (nSPS) is 27.6. The molecule has 1 fully saturated rings. The topological polar surface area (TPSA) is 73.4 Å². The summed E-state index contributed by atoms with van der Waals surface area (Å²) in [5.74, 6) is -0.162. The molecule has 1 amide bonds. The first kappa shape index (κ1) is 12.6. The summed E-state index contributed by atoms with van der Waals surface area (Å²) in [6.07, 6.45) is 2.98. The van der Waals surface area contributed by atoms with Gasteiger partial charge in [0.05, 0.1) is 12.6 Å². The molecular weight excluding hydrogens is 256 g/mol. The number of alkyl halides is 2. The molecule has 3 rings (SSSR count). The van der Waals surface area contributed by atoms with Gasteiger partial charge in [0, 0.05) is 11.5 Å². The van der Waals surface area contributed by atoms with Crippen LogP contribution in [0.1, 0.15) is 6.42 Å². The average Bonchev–Trinajstić information content (AvgIpc) is 2.92. The number of rotatable bonds is 5. The fourth-order valence-corrected chi connectivity index (χ4v) is 2.55. The van der Waals surface area contributed by atoms with Gasteiger partial charge in [-0.3, -0.25) is 4.79 Å². The standard InChI is InChI=1S/C12H15F2N3O2/c13-3-12(4-14,5-18)15-11(19)10-8-2-6-1-7(6)9(8)16-17-10/h2,7,9,16-18H,1,3-5H2,(H,15,19). The fraction of sp³-hybridized carbons (Fsp3) is 0.583. The summed E-state index contributed by atoms with van der Waals surface area (Å²) >= 11 is 0. The molecule has 0 aromatic rings. The highest BCUT2D eigenvalue weighted by atomic mass is 19.1. The summed E-state index contributed by atoms with van der Waals surface area (Å²) in [7, 11) is 0. The molecule has 19 heavy (non-hydrogen) atoms. The second-order valence-electron chi connectivity index (χ2n) is 5.27. The second-order valence-corrected chi connectivity index (χ2v) is 5.27. The Hall–Kier alpha value is -1.47. The van der Waals surface area contributed by atoms with Gasteiger partial charge >= 0.3 is 0 Å². The maximum absolute atomic E-state index is 12.8. The molecule has 1 heterocycles. The van der Waals surface area contributed by atoms with E-state index < -0.39 is 31.4 Å². The van der Waals surface area contributed by atoms with Crippen LogP contribution < -0.4 is 16.2 Å². The largest absolute Gasteiger partial charge is 0.394 e. The van der Waals surface area contributed by atoms with Gasteiger partial charge in [-0.15, -0.1) is 0 Å². The van der Waals surface area contributed by atoms with E-state index in [1.54, 1.807) is 0 Å². The quantitative estimate of drug-likeness (QED) is 0.542. The predicted octanol–water partition coefficient (Wildman–Crippen LogP) is -0.537. The lowest BCUT2D eigenvalue weighted by Gasteiger charge is -2.27. The van der Waals surface area contributed by atoms with E-state index in [0.717, 1.165) is 12.0 Å². The van der Waals surface area contributed by atoms with Gasteiger partial charge in [-0.1, -0.05) is 11.6 Å². The molecule has 104 valence electrons. The highest BCUT2D eigenvalue weighted by molar-refractivity contribution is 5.96. The Morgan fingerprint density at radius 1 is 1.53 bits per heavy atom. The Labute approximate surface area is 108 Å². The minimum absolute atomic E-state index is 0.0787. The Morgan fingerprint density at radius 3 is 2.89 bits per heavy atom. The van der Waals surface area contributed by atoms with Crippen molar-refractivity contribution in [3.05, 3.63) is 22.9 Å². The van der Waals surface area contributed by atoms with Gasteiger partial charge in [0.2, 0.25) is 0 Å². The van der Waals surface area contributed by atoms with Crippen molar-refractivity contribution in [3.63, 3.8) is 0 Å². The number of amides is 1. The minimum Gasteiger partial charge on any atom is -0.394 e. The van der Waals surface area contributed by atoms with E-state index in [0.29, 0.717) is 5.92 Å². The molecule has 2 unspecified atom stereocenters. The van der Waals surface area contributed by atoms with E-state index in [1.807, 2.05) is 6.08 Å². The Bertz CT molecular complexity index is 477. The summed E-state index contributed by atoms with van der Waals surface area (Å²) in [6.45, 7) is -3.10. The van der Waals surface area contributed by atoms with Crippen molar-refractivity contribution in [2.24, 2.45) is 5.92 Å². The van der Waals surface area contributed by atoms with Gasteiger partial charge in [-0.25, -0.2) is 14.2 Å².